The van der Waals surface area contributed by atoms with Gasteiger partial charge in [0.05, 0.1) is 12.6 Å². The van der Waals surface area contributed by atoms with E-state index in [0.29, 0.717) is 19.0 Å². The zero-order valence-electron chi connectivity index (χ0n) is 20.7. The molecule has 0 bridgehead atoms. The Hall–Kier alpha value is -3.92. The van der Waals surface area contributed by atoms with E-state index < -0.39 is 0 Å². The zero-order valence-corrected chi connectivity index (χ0v) is 20.7. The lowest BCUT2D eigenvalue weighted by atomic mass is 9.91. The summed E-state index contributed by atoms with van der Waals surface area (Å²) >= 11 is 0. The van der Waals surface area contributed by atoms with E-state index in [2.05, 4.69) is 78.4 Å². The highest BCUT2D eigenvalue weighted by atomic mass is 15.0. The molecule has 0 amide bonds. The van der Waals surface area contributed by atoms with Crippen molar-refractivity contribution in [2.75, 3.05) is 13.1 Å². The number of hydrogen-bond donors (Lipinski definition) is 4. The lowest BCUT2D eigenvalue weighted by molar-refractivity contribution is 0.482. The van der Waals surface area contributed by atoms with Gasteiger partial charge in [0.25, 0.3) is 0 Å². The second-order valence-electron chi connectivity index (χ2n) is 8.94. The molecule has 1 aliphatic heterocycles. The SMILES string of the molecule is C=C(/C=C/c1ccccc1)NCC(=C)NC(CC1CCNC1=C)C(=C)C(=C)NCc1ccccc1. The largest absolute Gasteiger partial charge is 0.389 e. The molecule has 35 heavy (non-hydrogen) atoms. The van der Waals surface area contributed by atoms with Crippen molar-refractivity contribution in [1.29, 1.82) is 0 Å². The van der Waals surface area contributed by atoms with Crippen molar-refractivity contribution in [3.05, 3.63) is 139 Å². The molecule has 1 fully saturated rings. The first-order chi connectivity index (χ1) is 16.9. The first-order valence-electron chi connectivity index (χ1n) is 12.1. The van der Waals surface area contributed by atoms with Crippen molar-refractivity contribution in [1.82, 2.24) is 21.3 Å². The molecule has 0 radical (unpaired) electrons. The van der Waals surface area contributed by atoms with Gasteiger partial charge in [-0.05, 0) is 35.6 Å². The maximum absolute atomic E-state index is 4.38. The normalized spacial score (nSPS) is 15.8. The standard InChI is InChI=1S/C31H38N4/c1-23(16-17-28-12-8-6-9-13-28)33-21-24(2)35-31(20-30-18-19-32-27(30)5)25(3)26(4)34-22-29-14-10-7-11-15-29/h6-17,30-35H,1-5,18-22H2/b17-16+. The van der Waals surface area contributed by atoms with E-state index in [1.807, 2.05) is 48.6 Å². The van der Waals surface area contributed by atoms with E-state index in [0.717, 1.165) is 53.3 Å². The molecule has 3 rings (SSSR count). The third-order valence-corrected chi connectivity index (χ3v) is 6.20. The summed E-state index contributed by atoms with van der Waals surface area (Å²) in [5, 5.41) is 13.7. The summed E-state index contributed by atoms with van der Waals surface area (Å²) in [4.78, 5) is 0. The molecule has 1 heterocycles. The van der Waals surface area contributed by atoms with Gasteiger partial charge in [0.2, 0.25) is 0 Å². The Kier molecular flexibility index (Phi) is 9.61. The molecule has 2 aromatic carbocycles. The Morgan fingerprint density at radius 1 is 0.971 bits per heavy atom. The minimum atomic E-state index is -0.00477. The van der Waals surface area contributed by atoms with E-state index in [9.17, 15) is 0 Å². The molecule has 4 heteroatoms. The van der Waals surface area contributed by atoms with Crippen LogP contribution in [0.4, 0.5) is 0 Å². The third kappa shape index (κ3) is 8.42. The van der Waals surface area contributed by atoms with Crippen molar-refractivity contribution in [2.45, 2.75) is 25.4 Å². The van der Waals surface area contributed by atoms with Crippen LogP contribution in [0.3, 0.4) is 0 Å². The van der Waals surface area contributed by atoms with Crippen LogP contribution in [0.2, 0.25) is 0 Å². The van der Waals surface area contributed by atoms with E-state index in [4.69, 9.17) is 0 Å². The molecule has 1 saturated heterocycles. The first-order valence-corrected chi connectivity index (χ1v) is 12.1. The Morgan fingerprint density at radius 2 is 1.66 bits per heavy atom. The number of allylic oxidation sites excluding steroid dienone is 2. The molecule has 2 unspecified atom stereocenters. The van der Waals surface area contributed by atoms with Gasteiger partial charge < -0.3 is 21.3 Å². The van der Waals surface area contributed by atoms with Crippen molar-refractivity contribution >= 4 is 6.08 Å². The average molecular weight is 467 g/mol. The lowest BCUT2D eigenvalue weighted by Gasteiger charge is -2.28. The number of rotatable bonds is 14. The summed E-state index contributed by atoms with van der Waals surface area (Å²) < 4.78 is 0. The van der Waals surface area contributed by atoms with Crippen molar-refractivity contribution < 1.29 is 0 Å². The van der Waals surface area contributed by atoms with Crippen molar-refractivity contribution in [3.63, 3.8) is 0 Å². The van der Waals surface area contributed by atoms with E-state index >= 15 is 0 Å². The maximum Gasteiger partial charge on any atom is 0.0541 e. The van der Waals surface area contributed by atoms with Gasteiger partial charge in [-0.3, -0.25) is 0 Å². The molecule has 2 aromatic rings. The molecule has 4 N–H and O–H groups in total. The van der Waals surface area contributed by atoms with E-state index in [1.165, 1.54) is 5.56 Å². The molecule has 0 saturated carbocycles. The summed E-state index contributed by atoms with van der Waals surface area (Å²) in [6.07, 6.45) is 5.96. The van der Waals surface area contributed by atoms with Crippen molar-refractivity contribution in [2.24, 2.45) is 5.92 Å². The summed E-state index contributed by atoms with van der Waals surface area (Å²) in [5.74, 6) is 0.385. The highest BCUT2D eigenvalue weighted by Crippen LogP contribution is 2.26. The fourth-order valence-electron chi connectivity index (χ4n) is 4.02. The molecule has 2 atom stereocenters. The van der Waals surface area contributed by atoms with Gasteiger partial charge in [0.1, 0.15) is 0 Å². The van der Waals surface area contributed by atoms with Crippen LogP contribution >= 0.6 is 0 Å². The molecule has 4 nitrogen and oxygen atoms in total. The molecular weight excluding hydrogens is 428 g/mol. The average Bonchev–Trinajstić information content (AvgIpc) is 3.29. The van der Waals surface area contributed by atoms with E-state index in [1.54, 1.807) is 0 Å². The third-order valence-electron chi connectivity index (χ3n) is 6.20. The Morgan fingerprint density at radius 3 is 2.31 bits per heavy atom. The molecular formula is C31H38N4. The van der Waals surface area contributed by atoms with Gasteiger partial charge in [-0.2, -0.15) is 0 Å². The summed E-state index contributed by atoms with van der Waals surface area (Å²) in [6.45, 7) is 23.4. The molecule has 1 aliphatic rings. The Balaban J connectivity index is 1.55. The summed E-state index contributed by atoms with van der Waals surface area (Å²) in [6, 6.07) is 20.5. The van der Waals surface area contributed by atoms with E-state index in [-0.39, 0.29) is 6.04 Å². The van der Waals surface area contributed by atoms with Gasteiger partial charge in [-0.1, -0.05) is 99.6 Å². The van der Waals surface area contributed by atoms with Crippen molar-refractivity contribution in [3.8, 4) is 0 Å². The minimum Gasteiger partial charge on any atom is -0.389 e. The molecule has 0 aliphatic carbocycles. The van der Waals surface area contributed by atoms with Crippen LogP contribution in [-0.2, 0) is 6.54 Å². The van der Waals surface area contributed by atoms with Gasteiger partial charge >= 0.3 is 0 Å². The highest BCUT2D eigenvalue weighted by molar-refractivity contribution is 5.52. The minimum absolute atomic E-state index is 0.00477. The second-order valence-corrected chi connectivity index (χ2v) is 8.94. The van der Waals surface area contributed by atoms with Crippen LogP contribution in [0, 0.1) is 5.92 Å². The second kappa shape index (κ2) is 13.1. The molecule has 0 spiro atoms. The Bertz CT molecular complexity index is 1070. The number of hydrogen-bond acceptors (Lipinski definition) is 4. The summed E-state index contributed by atoms with van der Waals surface area (Å²) in [7, 11) is 0. The van der Waals surface area contributed by atoms with Gasteiger partial charge in [-0.15, -0.1) is 0 Å². The summed E-state index contributed by atoms with van der Waals surface area (Å²) in [5.41, 5.74) is 6.90. The first kappa shape index (κ1) is 25.7. The quantitative estimate of drug-likeness (QED) is 0.272. The van der Waals surface area contributed by atoms with Crippen LogP contribution in [0.25, 0.3) is 6.08 Å². The molecule has 182 valence electrons. The monoisotopic (exact) mass is 466 g/mol. The van der Waals surface area contributed by atoms with Crippen LogP contribution < -0.4 is 21.3 Å². The van der Waals surface area contributed by atoms with Gasteiger partial charge in [0, 0.05) is 41.8 Å². The topological polar surface area (TPSA) is 48.1 Å². The predicted octanol–water partition coefficient (Wildman–Crippen LogP) is 5.65. The fraction of sp³-hybridized carbons (Fsp3) is 0.226. The number of nitrogens with one attached hydrogen (secondary N) is 4. The predicted molar refractivity (Wildman–Crippen MR) is 150 cm³/mol. The van der Waals surface area contributed by atoms with Gasteiger partial charge in [-0.25, -0.2) is 0 Å². The number of benzene rings is 2. The smallest absolute Gasteiger partial charge is 0.0541 e. The maximum atomic E-state index is 4.38. The van der Waals surface area contributed by atoms with Crippen LogP contribution in [-0.4, -0.2) is 19.1 Å². The van der Waals surface area contributed by atoms with Crippen LogP contribution in [0.15, 0.2) is 128 Å². The Labute approximate surface area is 210 Å². The molecule has 0 aromatic heterocycles. The zero-order chi connectivity index (χ0) is 25.0. The van der Waals surface area contributed by atoms with Gasteiger partial charge in [0.15, 0.2) is 0 Å². The lowest BCUT2D eigenvalue weighted by Crippen LogP contribution is -2.37. The van der Waals surface area contributed by atoms with Crippen LogP contribution in [0.1, 0.15) is 24.0 Å². The van der Waals surface area contributed by atoms with Crippen LogP contribution in [0.5, 0.6) is 0 Å². The fourth-order valence-corrected chi connectivity index (χ4v) is 4.02. The highest BCUT2D eigenvalue weighted by Gasteiger charge is 2.25.